The van der Waals surface area contributed by atoms with Crippen molar-refractivity contribution in [2.75, 3.05) is 12.8 Å². The minimum Gasteiger partial charge on any atom is -0.397 e. The fourth-order valence-electron chi connectivity index (χ4n) is 2.48. The van der Waals surface area contributed by atoms with Gasteiger partial charge in [-0.15, -0.1) is 0 Å². The Balaban J connectivity index is 1.80. The molecule has 0 bridgehead atoms. The van der Waals surface area contributed by atoms with Crippen molar-refractivity contribution in [1.29, 1.82) is 0 Å². The summed E-state index contributed by atoms with van der Waals surface area (Å²) in [7, 11) is 1.68. The van der Waals surface area contributed by atoms with E-state index < -0.39 is 0 Å². The summed E-state index contributed by atoms with van der Waals surface area (Å²) in [6, 6.07) is 8.56. The third-order valence-electron chi connectivity index (χ3n) is 3.74. The number of nitrogens with zero attached hydrogens (tertiary/aromatic N) is 2. The van der Waals surface area contributed by atoms with Crippen molar-refractivity contribution in [2.45, 2.75) is 25.4 Å². The molecule has 1 aliphatic rings. The molecule has 1 heterocycles. The van der Waals surface area contributed by atoms with Crippen LogP contribution in [0.3, 0.4) is 0 Å². The van der Waals surface area contributed by atoms with E-state index in [1.54, 1.807) is 31.3 Å². The fourth-order valence-corrected chi connectivity index (χ4v) is 2.48. The molecule has 1 amide bonds. The summed E-state index contributed by atoms with van der Waals surface area (Å²) in [5.74, 6) is -0.434. The molecule has 0 saturated heterocycles. The molecule has 3 rings (SSSR count). The number of nitrogen functional groups attached to an aromatic ring is 1. The molecule has 4 nitrogen and oxygen atoms in total. The van der Waals surface area contributed by atoms with Crippen LogP contribution in [0.4, 0.5) is 10.1 Å². The summed E-state index contributed by atoms with van der Waals surface area (Å²) < 4.78 is 15.6. The van der Waals surface area contributed by atoms with E-state index in [9.17, 15) is 9.18 Å². The highest BCUT2D eigenvalue weighted by Gasteiger charge is 2.28. The maximum Gasteiger partial charge on any atom is 0.270 e. The van der Waals surface area contributed by atoms with Gasteiger partial charge in [0.2, 0.25) is 0 Å². The summed E-state index contributed by atoms with van der Waals surface area (Å²) in [6.07, 6.45) is 3.96. The maximum atomic E-state index is 13.7. The highest BCUT2D eigenvalue weighted by molar-refractivity contribution is 5.93. The molecule has 0 radical (unpaired) electrons. The predicted octanol–water partition coefficient (Wildman–Crippen LogP) is 2.82. The normalized spacial score (nSPS) is 14.2. The molecular weight excluding hydrogens is 269 g/mol. The van der Waals surface area contributed by atoms with Crippen LogP contribution in [0, 0.1) is 5.82 Å². The van der Waals surface area contributed by atoms with Crippen molar-refractivity contribution < 1.29 is 9.18 Å². The Kier molecular flexibility index (Phi) is 3.41. The van der Waals surface area contributed by atoms with Gasteiger partial charge < -0.3 is 15.2 Å². The number of hydrogen-bond donors (Lipinski definition) is 1. The van der Waals surface area contributed by atoms with Gasteiger partial charge in [0.15, 0.2) is 0 Å². The highest BCUT2D eigenvalue weighted by atomic mass is 19.1. The van der Waals surface area contributed by atoms with Crippen LogP contribution in [0.25, 0.3) is 0 Å². The maximum absolute atomic E-state index is 13.7. The van der Waals surface area contributed by atoms with Crippen LogP contribution in [0.1, 0.15) is 34.9 Å². The number of halogens is 1. The Morgan fingerprint density at radius 1 is 1.43 bits per heavy atom. The molecule has 0 atom stereocenters. The summed E-state index contributed by atoms with van der Waals surface area (Å²) in [5.41, 5.74) is 7.48. The second-order valence-electron chi connectivity index (χ2n) is 5.55. The summed E-state index contributed by atoms with van der Waals surface area (Å²) in [5, 5.41) is 0. The smallest absolute Gasteiger partial charge is 0.270 e. The van der Waals surface area contributed by atoms with Crippen molar-refractivity contribution in [2.24, 2.45) is 0 Å². The van der Waals surface area contributed by atoms with Gasteiger partial charge >= 0.3 is 0 Å². The number of aromatic nitrogens is 1. The lowest BCUT2D eigenvalue weighted by molar-refractivity contribution is 0.0773. The molecule has 2 aromatic rings. The lowest BCUT2D eigenvalue weighted by Gasteiger charge is -2.18. The molecule has 0 unspecified atom stereocenters. The van der Waals surface area contributed by atoms with Gasteiger partial charge in [-0.05, 0) is 25.0 Å². The zero-order valence-electron chi connectivity index (χ0n) is 11.9. The van der Waals surface area contributed by atoms with Crippen LogP contribution in [-0.4, -0.2) is 22.4 Å². The van der Waals surface area contributed by atoms with Gasteiger partial charge in [-0.3, -0.25) is 4.79 Å². The molecule has 2 N–H and O–H groups in total. The van der Waals surface area contributed by atoms with Gasteiger partial charge in [-0.2, -0.15) is 0 Å². The Morgan fingerprint density at radius 2 is 2.14 bits per heavy atom. The molecule has 1 aliphatic carbocycles. The van der Waals surface area contributed by atoms with Crippen molar-refractivity contribution in [3.05, 3.63) is 53.6 Å². The van der Waals surface area contributed by atoms with E-state index in [1.165, 1.54) is 11.0 Å². The molecule has 5 heteroatoms. The number of nitrogens with two attached hydrogens (primary N) is 1. The van der Waals surface area contributed by atoms with E-state index in [0.29, 0.717) is 23.0 Å². The summed E-state index contributed by atoms with van der Waals surface area (Å²) >= 11 is 0. The van der Waals surface area contributed by atoms with Gasteiger partial charge in [0, 0.05) is 31.4 Å². The number of carbonyl (C=O) groups excluding carboxylic acids is 1. The number of anilines is 1. The van der Waals surface area contributed by atoms with E-state index in [-0.39, 0.29) is 18.3 Å². The van der Waals surface area contributed by atoms with Crippen LogP contribution in [0.15, 0.2) is 36.5 Å². The molecule has 0 spiro atoms. The van der Waals surface area contributed by atoms with Crippen LogP contribution >= 0.6 is 0 Å². The van der Waals surface area contributed by atoms with Crippen molar-refractivity contribution in [3.8, 4) is 0 Å². The van der Waals surface area contributed by atoms with Crippen LogP contribution < -0.4 is 5.73 Å². The quantitative estimate of drug-likeness (QED) is 0.940. The molecule has 1 saturated carbocycles. The number of benzene rings is 1. The number of hydrogen-bond acceptors (Lipinski definition) is 2. The van der Waals surface area contributed by atoms with Gasteiger partial charge in [0.1, 0.15) is 11.5 Å². The number of carbonyl (C=O) groups is 1. The van der Waals surface area contributed by atoms with E-state index >= 15 is 0 Å². The Bertz CT molecular complexity index is 676. The summed E-state index contributed by atoms with van der Waals surface area (Å²) in [4.78, 5) is 14.1. The lowest BCUT2D eigenvalue weighted by atomic mass is 10.2. The standard InChI is InChI=1S/C16H18FN3O/c1-19(9-11-4-2-3-5-14(11)17)16(21)15-8-12(18)10-20(15)13-6-7-13/h2-5,8,10,13H,6-7,9,18H2,1H3. The van der Waals surface area contributed by atoms with Crippen molar-refractivity contribution in [3.63, 3.8) is 0 Å². The first-order chi connectivity index (χ1) is 10.1. The second kappa shape index (κ2) is 5.24. The van der Waals surface area contributed by atoms with E-state index in [0.717, 1.165) is 12.8 Å². The van der Waals surface area contributed by atoms with Crippen LogP contribution in [-0.2, 0) is 6.54 Å². The zero-order chi connectivity index (χ0) is 15.0. The molecule has 21 heavy (non-hydrogen) atoms. The van der Waals surface area contributed by atoms with Crippen LogP contribution in [0.2, 0.25) is 0 Å². The molecule has 1 aromatic heterocycles. The molecular formula is C16H18FN3O. The van der Waals surface area contributed by atoms with E-state index in [1.807, 2.05) is 10.8 Å². The minimum absolute atomic E-state index is 0.137. The molecule has 1 aromatic carbocycles. The summed E-state index contributed by atoms with van der Waals surface area (Å²) in [6.45, 7) is 0.237. The third-order valence-corrected chi connectivity index (χ3v) is 3.74. The predicted molar refractivity (Wildman–Crippen MR) is 79.3 cm³/mol. The van der Waals surface area contributed by atoms with E-state index in [4.69, 9.17) is 5.73 Å². The van der Waals surface area contributed by atoms with E-state index in [2.05, 4.69) is 0 Å². The fraction of sp³-hybridized carbons (Fsp3) is 0.312. The SMILES string of the molecule is CN(Cc1ccccc1F)C(=O)c1cc(N)cn1C1CC1. The number of amides is 1. The minimum atomic E-state index is -0.297. The Labute approximate surface area is 123 Å². The Morgan fingerprint density at radius 3 is 2.81 bits per heavy atom. The first-order valence-electron chi connectivity index (χ1n) is 7.02. The molecule has 0 aliphatic heterocycles. The van der Waals surface area contributed by atoms with Crippen molar-refractivity contribution >= 4 is 11.6 Å². The first kappa shape index (κ1) is 13.7. The third kappa shape index (κ3) is 2.77. The van der Waals surface area contributed by atoms with Gasteiger partial charge in [0.25, 0.3) is 5.91 Å². The topological polar surface area (TPSA) is 51.3 Å². The van der Waals surface area contributed by atoms with Gasteiger partial charge in [0.05, 0.1) is 5.69 Å². The Hall–Kier alpha value is -2.30. The average Bonchev–Trinajstić information content (AvgIpc) is 3.23. The molecule has 1 fully saturated rings. The highest BCUT2D eigenvalue weighted by Crippen LogP contribution is 2.37. The average molecular weight is 287 g/mol. The van der Waals surface area contributed by atoms with Gasteiger partial charge in [-0.25, -0.2) is 4.39 Å². The monoisotopic (exact) mass is 287 g/mol. The largest absolute Gasteiger partial charge is 0.397 e. The first-order valence-corrected chi connectivity index (χ1v) is 7.02. The van der Waals surface area contributed by atoms with Gasteiger partial charge in [-0.1, -0.05) is 18.2 Å². The van der Waals surface area contributed by atoms with Crippen molar-refractivity contribution in [1.82, 2.24) is 9.47 Å². The number of rotatable bonds is 4. The lowest BCUT2D eigenvalue weighted by Crippen LogP contribution is -2.28. The van der Waals surface area contributed by atoms with Crippen LogP contribution in [0.5, 0.6) is 0 Å². The molecule has 110 valence electrons. The zero-order valence-corrected chi connectivity index (χ0v) is 11.9. The second-order valence-corrected chi connectivity index (χ2v) is 5.55.